The summed E-state index contributed by atoms with van der Waals surface area (Å²) >= 11 is 1.04. The van der Waals surface area contributed by atoms with Gasteiger partial charge in [-0.1, -0.05) is 23.5 Å². The van der Waals surface area contributed by atoms with Gasteiger partial charge in [0.1, 0.15) is 16.5 Å². The number of carbonyl (C=O) groups is 1. The van der Waals surface area contributed by atoms with Crippen LogP contribution in [0.25, 0.3) is 0 Å². The number of morpholine rings is 1. The number of nitrogens with zero attached hydrogens (tertiary/aromatic N) is 5. The van der Waals surface area contributed by atoms with Gasteiger partial charge >= 0.3 is 5.97 Å². The van der Waals surface area contributed by atoms with Crippen LogP contribution in [0.4, 0.5) is 22.7 Å². The molecule has 0 atom stereocenters. The minimum Gasteiger partial charge on any atom is -0.477 e. The Hall–Kier alpha value is -3.33. The van der Waals surface area contributed by atoms with Gasteiger partial charge in [0.15, 0.2) is 5.13 Å². The number of carboxylic acids is 1. The number of nitrogens with two attached hydrogens (primary N) is 1. The number of fused-ring (bicyclic) bond motifs is 1. The highest BCUT2D eigenvalue weighted by molar-refractivity contribution is 7.89. The molecule has 0 amide bonds. The Kier molecular flexibility index (Phi) is 7.47. The Labute approximate surface area is 224 Å². The normalized spacial score (nSPS) is 16.2. The first-order chi connectivity index (χ1) is 18.2. The second kappa shape index (κ2) is 10.8. The van der Waals surface area contributed by atoms with Crippen LogP contribution < -0.4 is 20.3 Å². The van der Waals surface area contributed by atoms with E-state index in [-0.39, 0.29) is 9.77 Å². The van der Waals surface area contributed by atoms with Crippen LogP contribution in [0.2, 0.25) is 0 Å². The minimum atomic E-state index is -3.77. The van der Waals surface area contributed by atoms with Gasteiger partial charge in [-0.25, -0.2) is 23.3 Å². The summed E-state index contributed by atoms with van der Waals surface area (Å²) in [6.07, 6.45) is 2.77. The van der Waals surface area contributed by atoms with Crippen LogP contribution in [0.3, 0.4) is 0 Å². The van der Waals surface area contributed by atoms with Crippen LogP contribution in [0.1, 0.15) is 39.3 Å². The van der Waals surface area contributed by atoms with Crippen LogP contribution in [-0.4, -0.2) is 67.3 Å². The van der Waals surface area contributed by atoms with E-state index in [0.717, 1.165) is 59.9 Å². The third-order valence-electron chi connectivity index (χ3n) is 6.51. The topological polar surface area (TPSA) is 164 Å². The Bertz CT molecular complexity index is 1440. The summed E-state index contributed by atoms with van der Waals surface area (Å²) < 4.78 is 28.9. The number of sulfonamides is 1. The molecule has 14 heteroatoms. The highest BCUT2D eigenvalue weighted by Gasteiger charge is 2.27. The van der Waals surface area contributed by atoms with Crippen molar-refractivity contribution in [2.75, 3.05) is 48.0 Å². The summed E-state index contributed by atoms with van der Waals surface area (Å²) in [7, 11) is -3.77. The molecule has 5 rings (SSSR count). The number of hydrogen-bond acceptors (Lipinski definition) is 11. The molecule has 0 bridgehead atoms. The number of thiazole rings is 1. The van der Waals surface area contributed by atoms with Gasteiger partial charge in [-0.2, -0.15) is 9.97 Å². The highest BCUT2D eigenvalue weighted by atomic mass is 32.2. The SMILES string of the molecule is Cc1nc(Nc2nc(N3CCOCC3)c3c(n2)N(Cc2ccc(S(N)(=O)=O)cc2)CCCC3)sc1C(=O)O. The first kappa shape index (κ1) is 26.3. The zero-order chi connectivity index (χ0) is 26.9. The number of hydrogen-bond donors (Lipinski definition) is 3. The van der Waals surface area contributed by atoms with E-state index >= 15 is 0 Å². The van der Waals surface area contributed by atoms with Crippen molar-refractivity contribution in [1.29, 1.82) is 0 Å². The molecule has 38 heavy (non-hydrogen) atoms. The van der Waals surface area contributed by atoms with Crippen molar-refractivity contribution in [3.05, 3.63) is 46.0 Å². The Balaban J connectivity index is 1.53. The molecule has 0 radical (unpaired) electrons. The van der Waals surface area contributed by atoms with Crippen molar-refractivity contribution >= 4 is 50.0 Å². The second-order valence-corrected chi connectivity index (χ2v) is 11.8. The number of benzene rings is 1. The summed E-state index contributed by atoms with van der Waals surface area (Å²) in [5.74, 6) is 0.949. The summed E-state index contributed by atoms with van der Waals surface area (Å²) in [4.78, 5) is 30.3. The predicted octanol–water partition coefficient (Wildman–Crippen LogP) is 2.51. The van der Waals surface area contributed by atoms with Gasteiger partial charge < -0.3 is 19.6 Å². The van der Waals surface area contributed by atoms with Crippen LogP contribution in [0.15, 0.2) is 29.2 Å². The lowest BCUT2D eigenvalue weighted by molar-refractivity contribution is 0.0701. The summed E-state index contributed by atoms with van der Waals surface area (Å²) in [5, 5.41) is 18.2. The summed E-state index contributed by atoms with van der Waals surface area (Å²) in [5.41, 5.74) is 2.41. The quantitative estimate of drug-likeness (QED) is 0.390. The van der Waals surface area contributed by atoms with Gasteiger partial charge in [0, 0.05) is 31.7 Å². The second-order valence-electron chi connectivity index (χ2n) is 9.20. The smallest absolute Gasteiger partial charge is 0.347 e. The molecule has 202 valence electrons. The summed E-state index contributed by atoms with van der Waals surface area (Å²) in [6, 6.07) is 6.55. The van der Waals surface area contributed by atoms with E-state index in [4.69, 9.17) is 19.8 Å². The largest absolute Gasteiger partial charge is 0.477 e. The number of rotatable bonds is 7. The molecule has 0 saturated carbocycles. The average molecular weight is 560 g/mol. The molecular formula is C24H29N7O5S2. The zero-order valence-corrected chi connectivity index (χ0v) is 22.5. The molecule has 0 aliphatic carbocycles. The molecule has 3 aromatic rings. The molecule has 1 aromatic carbocycles. The molecule has 0 spiro atoms. The van der Waals surface area contributed by atoms with Gasteiger partial charge in [0.2, 0.25) is 16.0 Å². The Morgan fingerprint density at radius 2 is 1.82 bits per heavy atom. The molecule has 2 aromatic heterocycles. The van der Waals surface area contributed by atoms with Crippen molar-refractivity contribution < 1.29 is 23.1 Å². The maximum absolute atomic E-state index is 11.7. The van der Waals surface area contributed by atoms with E-state index in [0.29, 0.717) is 49.6 Å². The first-order valence-corrected chi connectivity index (χ1v) is 14.6. The molecular weight excluding hydrogens is 530 g/mol. The fourth-order valence-electron chi connectivity index (χ4n) is 4.65. The van der Waals surface area contributed by atoms with E-state index in [1.807, 2.05) is 0 Å². The number of anilines is 4. The number of aromatic carboxylic acids is 1. The van der Waals surface area contributed by atoms with E-state index in [1.165, 1.54) is 12.1 Å². The zero-order valence-electron chi connectivity index (χ0n) is 20.9. The van der Waals surface area contributed by atoms with Gasteiger partial charge in [0.05, 0.1) is 23.8 Å². The molecule has 2 aliphatic rings. The standard InChI is InChI=1S/C24H29N7O5S2/c1-15-19(22(32)33)37-24(26-15)29-23-27-20(30-10-12-36-13-11-30)18-4-2-3-9-31(21(18)28-23)14-16-5-7-17(8-6-16)38(25,34)35/h5-8H,2-4,9-14H2,1H3,(H,32,33)(H2,25,34,35)(H,26,27,28,29). The molecule has 2 aliphatic heterocycles. The lowest BCUT2D eigenvalue weighted by Gasteiger charge is -2.32. The molecule has 1 saturated heterocycles. The van der Waals surface area contributed by atoms with E-state index in [2.05, 4.69) is 20.1 Å². The maximum atomic E-state index is 11.7. The van der Waals surface area contributed by atoms with Crippen molar-refractivity contribution in [3.8, 4) is 0 Å². The van der Waals surface area contributed by atoms with Crippen LogP contribution in [-0.2, 0) is 27.7 Å². The number of nitrogens with one attached hydrogen (secondary N) is 1. The van der Waals surface area contributed by atoms with Gasteiger partial charge in [-0.3, -0.25) is 5.32 Å². The van der Waals surface area contributed by atoms with Gasteiger partial charge in [-0.05, 0) is 43.9 Å². The number of carboxylic acid groups (broad SMARTS) is 1. The minimum absolute atomic E-state index is 0.0698. The Morgan fingerprint density at radius 3 is 2.47 bits per heavy atom. The van der Waals surface area contributed by atoms with Gasteiger partial charge in [-0.15, -0.1) is 0 Å². The van der Waals surface area contributed by atoms with Crippen LogP contribution in [0, 0.1) is 6.92 Å². The van der Waals surface area contributed by atoms with Crippen molar-refractivity contribution in [1.82, 2.24) is 15.0 Å². The molecule has 1 fully saturated rings. The van der Waals surface area contributed by atoms with E-state index in [9.17, 15) is 18.3 Å². The number of primary sulfonamides is 1. The summed E-state index contributed by atoms with van der Waals surface area (Å²) in [6.45, 7) is 5.57. The van der Waals surface area contributed by atoms with E-state index < -0.39 is 16.0 Å². The molecule has 4 N–H and O–H groups in total. The fraction of sp³-hybridized carbons (Fsp3) is 0.417. The highest BCUT2D eigenvalue weighted by Crippen LogP contribution is 2.35. The third-order valence-corrected chi connectivity index (χ3v) is 8.50. The number of aryl methyl sites for hydroxylation is 1. The van der Waals surface area contributed by atoms with E-state index in [1.54, 1.807) is 19.1 Å². The van der Waals surface area contributed by atoms with Crippen LogP contribution in [0.5, 0.6) is 0 Å². The number of ether oxygens (including phenoxy) is 1. The monoisotopic (exact) mass is 559 g/mol. The van der Waals surface area contributed by atoms with Crippen molar-refractivity contribution in [2.45, 2.75) is 37.6 Å². The fourth-order valence-corrected chi connectivity index (χ4v) is 5.97. The predicted molar refractivity (Wildman–Crippen MR) is 144 cm³/mol. The Morgan fingerprint density at radius 1 is 1.11 bits per heavy atom. The van der Waals surface area contributed by atoms with Gasteiger partial charge in [0.25, 0.3) is 0 Å². The lowest BCUT2D eigenvalue weighted by atomic mass is 10.1. The molecule has 0 unspecified atom stereocenters. The first-order valence-electron chi connectivity index (χ1n) is 12.3. The molecule has 4 heterocycles. The number of aromatic nitrogens is 3. The van der Waals surface area contributed by atoms with Crippen molar-refractivity contribution in [3.63, 3.8) is 0 Å². The maximum Gasteiger partial charge on any atom is 0.347 e. The average Bonchev–Trinajstić information content (AvgIpc) is 3.14. The van der Waals surface area contributed by atoms with Crippen LogP contribution >= 0.6 is 11.3 Å². The molecule has 12 nitrogen and oxygen atoms in total. The third kappa shape index (κ3) is 5.72. The lowest BCUT2D eigenvalue weighted by Crippen LogP contribution is -2.38. The van der Waals surface area contributed by atoms with Crippen molar-refractivity contribution in [2.24, 2.45) is 5.14 Å².